The third-order valence-corrected chi connectivity index (χ3v) is 6.37. The normalized spacial score (nSPS) is 13.4. The van der Waals surface area contributed by atoms with Crippen molar-refractivity contribution in [2.24, 2.45) is 0 Å². The number of benzene rings is 3. The van der Waals surface area contributed by atoms with Crippen molar-refractivity contribution >= 4 is 52.3 Å². The molecule has 0 saturated carbocycles. The topological polar surface area (TPSA) is 78.5 Å². The van der Waals surface area contributed by atoms with E-state index in [1.807, 2.05) is 37.3 Å². The summed E-state index contributed by atoms with van der Waals surface area (Å²) in [4.78, 5) is 38.8. The molecular weight excluding hydrogens is 485 g/mol. The van der Waals surface area contributed by atoms with E-state index in [-0.39, 0.29) is 23.1 Å². The van der Waals surface area contributed by atoms with E-state index in [1.165, 1.54) is 5.56 Å². The van der Waals surface area contributed by atoms with Crippen molar-refractivity contribution in [3.63, 3.8) is 0 Å². The van der Waals surface area contributed by atoms with E-state index in [4.69, 9.17) is 23.2 Å². The number of halogens is 2. The average molecular weight is 508 g/mol. The van der Waals surface area contributed by atoms with Gasteiger partial charge in [-0.05, 0) is 54.3 Å². The van der Waals surface area contributed by atoms with Crippen LogP contribution in [0.1, 0.15) is 16.7 Å². The highest BCUT2D eigenvalue weighted by Crippen LogP contribution is 2.32. The predicted octanol–water partition coefficient (Wildman–Crippen LogP) is 4.99. The second kappa shape index (κ2) is 10.8. The number of hydrogen-bond acceptors (Lipinski definition) is 4. The van der Waals surface area contributed by atoms with Gasteiger partial charge in [-0.3, -0.25) is 14.4 Å². The Morgan fingerprint density at radius 2 is 1.60 bits per heavy atom. The summed E-state index contributed by atoms with van der Waals surface area (Å²) in [5, 5.41) is 6.10. The number of aryl methyl sites for hydroxylation is 1. The van der Waals surface area contributed by atoms with Crippen molar-refractivity contribution in [3.8, 4) is 0 Å². The highest BCUT2D eigenvalue weighted by atomic mass is 35.5. The summed E-state index contributed by atoms with van der Waals surface area (Å²) in [5.41, 5.74) is 3.71. The first-order chi connectivity index (χ1) is 16.8. The fourth-order valence-electron chi connectivity index (χ4n) is 3.66. The molecule has 0 saturated heterocycles. The van der Waals surface area contributed by atoms with Gasteiger partial charge in [0.25, 0.3) is 11.8 Å². The van der Waals surface area contributed by atoms with Crippen LogP contribution in [0.2, 0.25) is 5.02 Å². The third kappa shape index (κ3) is 5.73. The van der Waals surface area contributed by atoms with Crippen LogP contribution < -0.4 is 15.5 Å². The minimum absolute atomic E-state index is 0.0141. The number of nitrogens with one attached hydrogen (secondary N) is 2. The Hall–Kier alpha value is -3.61. The van der Waals surface area contributed by atoms with Gasteiger partial charge in [0.2, 0.25) is 5.91 Å². The summed E-state index contributed by atoms with van der Waals surface area (Å²) in [6, 6.07) is 21.9. The van der Waals surface area contributed by atoms with Crippen molar-refractivity contribution < 1.29 is 14.4 Å². The fraction of sp³-hybridized carbons (Fsp3) is 0.148. The van der Waals surface area contributed by atoms with Crippen LogP contribution in [0.5, 0.6) is 0 Å². The summed E-state index contributed by atoms with van der Waals surface area (Å²) >= 11 is 12.4. The summed E-state index contributed by atoms with van der Waals surface area (Å²) in [7, 11) is 0. The van der Waals surface area contributed by atoms with Gasteiger partial charge in [0.1, 0.15) is 10.7 Å². The molecule has 3 amide bonds. The van der Waals surface area contributed by atoms with Gasteiger partial charge in [0, 0.05) is 17.3 Å². The largest absolute Gasteiger partial charge is 0.355 e. The van der Waals surface area contributed by atoms with E-state index in [2.05, 4.69) is 10.6 Å². The van der Waals surface area contributed by atoms with Crippen LogP contribution in [0.25, 0.3) is 0 Å². The van der Waals surface area contributed by atoms with E-state index in [0.717, 1.165) is 22.4 Å². The molecule has 2 N–H and O–H groups in total. The van der Waals surface area contributed by atoms with Crippen LogP contribution in [-0.2, 0) is 27.2 Å². The highest BCUT2D eigenvalue weighted by Gasteiger charge is 2.39. The van der Waals surface area contributed by atoms with Gasteiger partial charge in [-0.1, -0.05) is 71.7 Å². The molecule has 6 nitrogen and oxygen atoms in total. The smallest absolute Gasteiger partial charge is 0.283 e. The molecule has 178 valence electrons. The Balaban J connectivity index is 1.35. The number of anilines is 2. The summed E-state index contributed by atoms with van der Waals surface area (Å²) in [5.74, 6) is -1.26. The van der Waals surface area contributed by atoms with Crippen LogP contribution in [0, 0.1) is 6.92 Å². The van der Waals surface area contributed by atoms with Crippen LogP contribution >= 0.6 is 23.2 Å². The molecule has 0 aromatic heterocycles. The lowest BCUT2D eigenvalue weighted by Crippen LogP contribution is -2.32. The number of rotatable bonds is 8. The lowest BCUT2D eigenvalue weighted by atomic mass is 10.1. The monoisotopic (exact) mass is 507 g/mol. The van der Waals surface area contributed by atoms with Crippen molar-refractivity contribution in [2.75, 3.05) is 16.8 Å². The van der Waals surface area contributed by atoms with Gasteiger partial charge in [-0.2, -0.15) is 0 Å². The van der Waals surface area contributed by atoms with Crippen LogP contribution in [0.3, 0.4) is 0 Å². The van der Waals surface area contributed by atoms with Crippen LogP contribution in [0.15, 0.2) is 83.5 Å². The first kappa shape index (κ1) is 24.5. The second-order valence-electron chi connectivity index (χ2n) is 8.15. The number of hydrogen-bond donors (Lipinski definition) is 2. The molecule has 0 spiro atoms. The van der Waals surface area contributed by atoms with E-state index in [0.29, 0.717) is 22.9 Å². The summed E-state index contributed by atoms with van der Waals surface area (Å²) < 4.78 is 0. The maximum atomic E-state index is 12.9. The molecule has 1 heterocycles. The van der Waals surface area contributed by atoms with E-state index in [1.54, 1.807) is 42.5 Å². The second-order valence-corrected chi connectivity index (χ2v) is 8.94. The molecule has 0 aliphatic carbocycles. The molecule has 0 fully saturated rings. The Bertz CT molecular complexity index is 1310. The predicted molar refractivity (Wildman–Crippen MR) is 138 cm³/mol. The van der Waals surface area contributed by atoms with Crippen molar-refractivity contribution in [3.05, 3.63) is 105 Å². The molecule has 3 aromatic carbocycles. The van der Waals surface area contributed by atoms with Crippen molar-refractivity contribution in [1.82, 2.24) is 5.32 Å². The molecule has 3 aromatic rings. The van der Waals surface area contributed by atoms with Gasteiger partial charge < -0.3 is 10.6 Å². The molecule has 0 bridgehead atoms. The van der Waals surface area contributed by atoms with Gasteiger partial charge in [-0.25, -0.2) is 4.90 Å². The van der Waals surface area contributed by atoms with Gasteiger partial charge >= 0.3 is 0 Å². The highest BCUT2D eigenvalue weighted by molar-refractivity contribution is 6.53. The maximum Gasteiger partial charge on any atom is 0.283 e. The lowest BCUT2D eigenvalue weighted by molar-refractivity contribution is -0.121. The first-order valence-corrected chi connectivity index (χ1v) is 11.8. The summed E-state index contributed by atoms with van der Waals surface area (Å²) in [6.07, 6.45) is 1.00. The molecule has 1 aliphatic heterocycles. The average Bonchev–Trinajstić information content (AvgIpc) is 3.06. The Labute approximate surface area is 213 Å². The molecule has 0 radical (unpaired) electrons. The maximum absolute atomic E-state index is 12.9. The Morgan fingerprint density at radius 1 is 0.886 bits per heavy atom. The molecule has 0 unspecified atom stereocenters. The fourth-order valence-corrected chi connectivity index (χ4v) is 4.04. The zero-order valence-corrected chi connectivity index (χ0v) is 20.5. The third-order valence-electron chi connectivity index (χ3n) is 5.61. The zero-order chi connectivity index (χ0) is 24.9. The van der Waals surface area contributed by atoms with Gasteiger partial charge in [0.05, 0.1) is 12.1 Å². The first-order valence-electron chi connectivity index (χ1n) is 11.0. The van der Waals surface area contributed by atoms with Crippen LogP contribution in [-0.4, -0.2) is 24.3 Å². The van der Waals surface area contributed by atoms with Crippen molar-refractivity contribution in [2.45, 2.75) is 19.8 Å². The molecule has 1 aliphatic rings. The molecule has 0 atom stereocenters. The van der Waals surface area contributed by atoms with Gasteiger partial charge in [-0.15, -0.1) is 0 Å². The van der Waals surface area contributed by atoms with E-state index < -0.39 is 11.8 Å². The molecule has 4 rings (SSSR count). The molecule has 35 heavy (non-hydrogen) atoms. The quantitative estimate of drug-likeness (QED) is 0.421. The molecular formula is C27H23Cl2N3O3. The Kier molecular flexibility index (Phi) is 7.54. The van der Waals surface area contributed by atoms with E-state index >= 15 is 0 Å². The van der Waals surface area contributed by atoms with Crippen molar-refractivity contribution in [1.29, 1.82) is 0 Å². The zero-order valence-electron chi connectivity index (χ0n) is 19.0. The minimum atomic E-state index is -0.622. The summed E-state index contributed by atoms with van der Waals surface area (Å²) in [6.45, 7) is 2.39. The lowest BCUT2D eigenvalue weighted by Gasteiger charge is -2.16. The van der Waals surface area contributed by atoms with Gasteiger partial charge in [0.15, 0.2) is 0 Å². The Morgan fingerprint density at radius 3 is 2.29 bits per heavy atom. The number of carbonyl (C=O) groups excluding carboxylic acids is 3. The minimum Gasteiger partial charge on any atom is -0.355 e. The number of nitrogens with zero attached hydrogens (tertiary/aromatic N) is 1. The molecule has 8 heteroatoms. The number of imide groups is 1. The van der Waals surface area contributed by atoms with Crippen LogP contribution in [0.4, 0.5) is 11.4 Å². The van der Waals surface area contributed by atoms with E-state index in [9.17, 15) is 14.4 Å². The number of amides is 3. The number of carbonyl (C=O) groups is 3. The SMILES string of the molecule is Cc1ccc(N2C(=O)C(Cl)=C(Nc3ccc(CC(=O)NCCc4ccccc4)cc3)C2=O)cc1Cl. The standard InChI is InChI=1S/C27H23Cl2N3O3/c1-17-7-12-21(16-22(17)28)32-26(34)24(29)25(27(32)35)31-20-10-8-19(9-11-20)15-23(33)30-14-13-18-5-3-2-4-6-18/h2-12,16,31H,13-15H2,1H3,(H,30,33).